The van der Waals surface area contributed by atoms with E-state index in [4.69, 9.17) is 0 Å². The van der Waals surface area contributed by atoms with Crippen molar-refractivity contribution in [2.75, 3.05) is 5.06 Å². The highest BCUT2D eigenvalue weighted by Crippen LogP contribution is 2.22. The molecule has 3 heterocycles. The zero-order valence-corrected chi connectivity index (χ0v) is 8.33. The van der Waals surface area contributed by atoms with Gasteiger partial charge >= 0.3 is 0 Å². The molecule has 15 heavy (non-hydrogen) atoms. The Balaban J connectivity index is 2.21. The Morgan fingerprint density at radius 1 is 1.60 bits per heavy atom. The molecule has 0 aromatic carbocycles. The average Bonchev–Trinajstić information content (AvgIpc) is 2.71. The van der Waals surface area contributed by atoms with Crippen LogP contribution in [0.5, 0.6) is 0 Å². The zero-order chi connectivity index (χ0) is 10.4. The molecule has 0 bridgehead atoms. The Morgan fingerprint density at radius 2 is 2.47 bits per heavy atom. The molecule has 1 aromatic heterocycles. The average molecular weight is 203 g/mol. The summed E-state index contributed by atoms with van der Waals surface area (Å²) in [5.74, 6) is 0.597. The van der Waals surface area contributed by atoms with Crippen molar-refractivity contribution < 1.29 is 9.77 Å². The van der Waals surface area contributed by atoms with Crippen LogP contribution in [0.1, 0.15) is 18.3 Å². The molecule has 0 radical (unpaired) electrons. The first-order valence-corrected chi connectivity index (χ1v) is 4.86. The van der Waals surface area contributed by atoms with E-state index in [9.17, 15) is 5.21 Å². The summed E-state index contributed by atoms with van der Waals surface area (Å²) in [6, 6.07) is -0.0361. The lowest BCUT2D eigenvalue weighted by atomic mass is 10.2. The first-order chi connectivity index (χ1) is 7.27. The molecular weight excluding hydrogens is 192 g/mol. The molecule has 0 aliphatic carbocycles. The second-order valence-corrected chi connectivity index (χ2v) is 3.72. The van der Waals surface area contributed by atoms with Crippen LogP contribution in [0.4, 0.5) is 5.82 Å². The highest BCUT2D eigenvalue weighted by atomic mass is 16.5. The first kappa shape index (κ1) is 8.55. The van der Waals surface area contributed by atoms with E-state index >= 15 is 0 Å². The van der Waals surface area contributed by atoms with Crippen LogP contribution >= 0.6 is 0 Å². The number of hydrogen-bond donors (Lipinski definition) is 1. The summed E-state index contributed by atoms with van der Waals surface area (Å²) in [6.07, 6.45) is 7.44. The Bertz CT molecular complexity index is 481. The van der Waals surface area contributed by atoms with Gasteiger partial charge in [0.15, 0.2) is 0 Å². The molecule has 0 saturated carbocycles. The SMILES string of the molecule is CC1C=Cc2c(ncc3[n+]2CN=C3)N1O. The first-order valence-electron chi connectivity index (χ1n) is 4.86. The smallest absolute Gasteiger partial charge is 0.252 e. The van der Waals surface area contributed by atoms with Crippen LogP contribution < -0.4 is 9.63 Å². The molecule has 0 amide bonds. The number of fused-ring (bicyclic) bond motifs is 3. The number of nitrogens with zero attached hydrogens (tertiary/aromatic N) is 4. The lowest BCUT2D eigenvalue weighted by Crippen LogP contribution is -2.43. The van der Waals surface area contributed by atoms with E-state index in [1.165, 1.54) is 5.06 Å². The number of aromatic nitrogens is 2. The third-order valence-corrected chi connectivity index (χ3v) is 2.73. The van der Waals surface area contributed by atoms with E-state index < -0.39 is 0 Å². The third kappa shape index (κ3) is 1.10. The summed E-state index contributed by atoms with van der Waals surface area (Å²) in [5.41, 5.74) is 1.88. The maximum absolute atomic E-state index is 9.83. The number of hydroxylamine groups is 1. The fourth-order valence-corrected chi connectivity index (χ4v) is 1.85. The van der Waals surface area contributed by atoms with Crippen molar-refractivity contribution >= 4 is 18.1 Å². The van der Waals surface area contributed by atoms with Crippen molar-refractivity contribution in [3.63, 3.8) is 0 Å². The fourth-order valence-electron chi connectivity index (χ4n) is 1.85. The van der Waals surface area contributed by atoms with Crippen LogP contribution in [0.3, 0.4) is 0 Å². The van der Waals surface area contributed by atoms with Crippen LogP contribution in [0, 0.1) is 0 Å². The second-order valence-electron chi connectivity index (χ2n) is 3.72. The van der Waals surface area contributed by atoms with Gasteiger partial charge < -0.3 is 0 Å². The maximum Gasteiger partial charge on any atom is 0.252 e. The summed E-state index contributed by atoms with van der Waals surface area (Å²) >= 11 is 0. The Labute approximate surface area is 87.0 Å². The Hall–Kier alpha value is -1.75. The van der Waals surface area contributed by atoms with Gasteiger partial charge in [0, 0.05) is 6.08 Å². The Kier molecular flexibility index (Phi) is 1.63. The molecular formula is C10H11N4O+. The molecule has 0 saturated heterocycles. The van der Waals surface area contributed by atoms with Crippen LogP contribution in [-0.4, -0.2) is 22.4 Å². The van der Waals surface area contributed by atoms with E-state index in [0.717, 1.165) is 11.4 Å². The van der Waals surface area contributed by atoms with E-state index in [1.807, 2.05) is 23.6 Å². The van der Waals surface area contributed by atoms with E-state index in [-0.39, 0.29) is 6.04 Å². The number of anilines is 1. The van der Waals surface area contributed by atoms with Gasteiger partial charge in [-0.1, -0.05) is 6.08 Å². The van der Waals surface area contributed by atoms with Crippen LogP contribution in [0.25, 0.3) is 6.08 Å². The van der Waals surface area contributed by atoms with Crippen molar-refractivity contribution in [3.05, 3.63) is 23.7 Å². The van der Waals surface area contributed by atoms with Gasteiger partial charge in [-0.25, -0.2) is 15.0 Å². The minimum Gasteiger partial charge on any atom is -0.286 e. The van der Waals surface area contributed by atoms with Gasteiger partial charge in [0.05, 0.1) is 6.04 Å². The zero-order valence-electron chi connectivity index (χ0n) is 8.33. The molecule has 1 aromatic rings. The number of rotatable bonds is 0. The molecule has 5 nitrogen and oxygen atoms in total. The van der Waals surface area contributed by atoms with Gasteiger partial charge in [-0.2, -0.15) is 4.57 Å². The maximum atomic E-state index is 9.83. The van der Waals surface area contributed by atoms with Gasteiger partial charge in [0.25, 0.3) is 5.69 Å². The number of aliphatic imine (C=N–C) groups is 1. The largest absolute Gasteiger partial charge is 0.286 e. The number of hydrogen-bond acceptors (Lipinski definition) is 4. The van der Waals surface area contributed by atoms with Crippen LogP contribution in [0.2, 0.25) is 0 Å². The summed E-state index contributed by atoms with van der Waals surface area (Å²) in [5, 5.41) is 11.0. The van der Waals surface area contributed by atoms with E-state index in [0.29, 0.717) is 12.5 Å². The topological polar surface area (TPSA) is 52.6 Å². The lowest BCUT2D eigenvalue weighted by molar-refractivity contribution is -0.692. The van der Waals surface area contributed by atoms with Crippen LogP contribution in [-0.2, 0) is 6.67 Å². The highest BCUT2D eigenvalue weighted by Gasteiger charge is 2.29. The molecule has 1 N–H and O–H groups in total. The molecule has 3 rings (SSSR count). The predicted octanol–water partition coefficient (Wildman–Crippen LogP) is 0.370. The van der Waals surface area contributed by atoms with E-state index in [2.05, 4.69) is 9.98 Å². The van der Waals surface area contributed by atoms with Gasteiger partial charge in [-0.15, -0.1) is 0 Å². The lowest BCUT2D eigenvalue weighted by Gasteiger charge is -2.23. The molecule has 1 atom stereocenters. The molecule has 1 unspecified atom stereocenters. The fraction of sp³-hybridized carbons (Fsp3) is 0.300. The van der Waals surface area contributed by atoms with E-state index in [1.54, 1.807) is 12.4 Å². The summed E-state index contributed by atoms with van der Waals surface area (Å²) < 4.78 is 2.02. The quantitative estimate of drug-likeness (QED) is 0.620. The normalized spacial score (nSPS) is 21.7. The molecule has 5 heteroatoms. The van der Waals surface area contributed by atoms with Gasteiger partial charge in [-0.05, 0) is 6.92 Å². The molecule has 0 spiro atoms. The summed E-state index contributed by atoms with van der Waals surface area (Å²) in [6.45, 7) is 2.52. The summed E-state index contributed by atoms with van der Waals surface area (Å²) in [7, 11) is 0. The molecule has 0 fully saturated rings. The van der Waals surface area contributed by atoms with Gasteiger partial charge in [0.2, 0.25) is 18.2 Å². The van der Waals surface area contributed by atoms with Crippen molar-refractivity contribution in [3.8, 4) is 0 Å². The minimum absolute atomic E-state index is 0.0361. The third-order valence-electron chi connectivity index (χ3n) is 2.73. The molecule has 2 aliphatic rings. The Morgan fingerprint density at radius 3 is 3.33 bits per heavy atom. The van der Waals surface area contributed by atoms with Crippen molar-refractivity contribution in [1.29, 1.82) is 0 Å². The summed E-state index contributed by atoms with van der Waals surface area (Å²) in [4.78, 5) is 8.40. The van der Waals surface area contributed by atoms with Crippen LogP contribution in [0.15, 0.2) is 17.3 Å². The van der Waals surface area contributed by atoms with Crippen molar-refractivity contribution in [1.82, 2.24) is 4.98 Å². The standard InChI is InChI=1S/C10H11N4O/c1-7-2-3-9-10(14(7)15)12-5-8-4-11-6-13(8)9/h2-5,7,15H,6H2,1H3/q+1. The van der Waals surface area contributed by atoms with Gasteiger partial charge in [0.1, 0.15) is 12.4 Å². The second kappa shape index (κ2) is 2.87. The van der Waals surface area contributed by atoms with Crippen molar-refractivity contribution in [2.24, 2.45) is 4.99 Å². The van der Waals surface area contributed by atoms with Crippen molar-refractivity contribution in [2.45, 2.75) is 19.6 Å². The van der Waals surface area contributed by atoms with Gasteiger partial charge in [-0.3, -0.25) is 5.21 Å². The highest BCUT2D eigenvalue weighted by molar-refractivity contribution is 5.76. The minimum atomic E-state index is -0.0361. The molecule has 2 aliphatic heterocycles. The predicted molar refractivity (Wildman–Crippen MR) is 54.8 cm³/mol. The monoisotopic (exact) mass is 203 g/mol. The molecule has 76 valence electrons.